The van der Waals surface area contributed by atoms with Gasteiger partial charge in [-0.3, -0.25) is 0 Å². The van der Waals surface area contributed by atoms with Crippen molar-refractivity contribution in [2.24, 2.45) is 0 Å². The van der Waals surface area contributed by atoms with E-state index in [2.05, 4.69) is 5.32 Å². The van der Waals surface area contributed by atoms with Crippen LogP contribution in [0.2, 0.25) is 0 Å². The van der Waals surface area contributed by atoms with Crippen molar-refractivity contribution in [3.8, 4) is 23.0 Å². The fourth-order valence-corrected chi connectivity index (χ4v) is 2.47. The average molecular weight is 391 g/mol. The smallest absolute Gasteiger partial charge is 0.341 e. The zero-order valence-corrected chi connectivity index (χ0v) is 15.5. The second-order valence-corrected chi connectivity index (χ2v) is 6.46. The molecule has 0 saturated heterocycles. The number of aliphatic hydroxyl groups excluding tert-OH is 1. The van der Waals surface area contributed by atoms with Crippen LogP contribution in [0, 0.1) is 0 Å². The lowest BCUT2D eigenvalue weighted by molar-refractivity contribution is -0.139. The summed E-state index contributed by atoms with van der Waals surface area (Å²) in [6.45, 7) is 1.98. The largest absolute Gasteiger partial charge is 0.504 e. The van der Waals surface area contributed by atoms with Crippen molar-refractivity contribution < 1.29 is 34.7 Å². The lowest BCUT2D eigenvalue weighted by Gasteiger charge is -2.18. The molecule has 0 aromatic heterocycles. The maximum Gasteiger partial charge on any atom is 0.341 e. The topological polar surface area (TPSA) is 128 Å². The number of phenols is 2. The zero-order chi connectivity index (χ0) is 20.5. The van der Waals surface area contributed by atoms with Crippen LogP contribution in [0.4, 0.5) is 0 Å². The van der Waals surface area contributed by atoms with Gasteiger partial charge in [-0.25, -0.2) is 4.79 Å². The molecule has 2 atom stereocenters. The summed E-state index contributed by atoms with van der Waals surface area (Å²) in [5, 5.41) is 40.5. The van der Waals surface area contributed by atoms with E-state index in [-0.39, 0.29) is 30.8 Å². The van der Waals surface area contributed by atoms with Crippen molar-refractivity contribution in [3.05, 3.63) is 48.0 Å². The molecular weight excluding hydrogens is 366 g/mol. The number of aromatic hydroxyl groups is 2. The molecular formula is C20H25NO7. The highest BCUT2D eigenvalue weighted by Crippen LogP contribution is 2.28. The number of aliphatic carboxylic acids is 1. The number of carbonyl (C=O) groups is 1. The molecule has 0 bridgehead atoms. The Kier molecular flexibility index (Phi) is 7.91. The normalized spacial score (nSPS) is 12.9. The standard InChI is InChI=1S/C20H25NO7/c1-13(8-14-2-4-16(5-3-14)28-12-20(25)26)21-10-15(22)11-27-17-6-7-18(23)19(24)9-17/h2-7,9,13,15,21-24H,8,10-12H2,1H3,(H,25,26). The van der Waals surface area contributed by atoms with Crippen molar-refractivity contribution in [3.63, 3.8) is 0 Å². The van der Waals surface area contributed by atoms with Crippen LogP contribution in [-0.4, -0.2) is 58.3 Å². The Bertz CT molecular complexity index is 764. The van der Waals surface area contributed by atoms with Crippen molar-refractivity contribution in [1.29, 1.82) is 0 Å². The third-order valence-electron chi connectivity index (χ3n) is 3.92. The number of phenolic OH excluding ortho intramolecular Hbond substituents is 2. The summed E-state index contributed by atoms with van der Waals surface area (Å²) in [6.07, 6.45) is -0.0243. The van der Waals surface area contributed by atoms with Gasteiger partial charge in [0.2, 0.25) is 0 Å². The summed E-state index contributed by atoms with van der Waals surface area (Å²) < 4.78 is 10.5. The predicted octanol–water partition coefficient (Wildman–Crippen LogP) is 1.52. The summed E-state index contributed by atoms with van der Waals surface area (Å²) in [7, 11) is 0. The fourth-order valence-electron chi connectivity index (χ4n) is 2.47. The molecule has 2 unspecified atom stereocenters. The summed E-state index contributed by atoms with van der Waals surface area (Å²) in [4.78, 5) is 10.5. The van der Waals surface area contributed by atoms with E-state index in [1.807, 2.05) is 19.1 Å². The second kappa shape index (κ2) is 10.4. The van der Waals surface area contributed by atoms with Crippen LogP contribution in [0.15, 0.2) is 42.5 Å². The molecule has 5 N–H and O–H groups in total. The van der Waals surface area contributed by atoms with Gasteiger partial charge in [0.05, 0.1) is 0 Å². The van der Waals surface area contributed by atoms with Gasteiger partial charge in [0.15, 0.2) is 18.1 Å². The van der Waals surface area contributed by atoms with Crippen LogP contribution in [0.5, 0.6) is 23.0 Å². The molecule has 0 spiro atoms. The first-order valence-corrected chi connectivity index (χ1v) is 8.83. The minimum absolute atomic E-state index is 0.0412. The highest BCUT2D eigenvalue weighted by Gasteiger charge is 2.10. The number of carboxylic acids is 1. The Balaban J connectivity index is 1.70. The van der Waals surface area contributed by atoms with Gasteiger partial charge >= 0.3 is 5.97 Å². The van der Waals surface area contributed by atoms with E-state index in [0.717, 1.165) is 12.0 Å². The molecule has 2 aromatic carbocycles. The summed E-state index contributed by atoms with van der Waals surface area (Å²) in [5.74, 6) is -0.679. The first-order valence-electron chi connectivity index (χ1n) is 8.83. The Morgan fingerprint density at radius 2 is 1.71 bits per heavy atom. The van der Waals surface area contributed by atoms with Gasteiger partial charge in [-0.1, -0.05) is 12.1 Å². The molecule has 0 aliphatic carbocycles. The SMILES string of the molecule is CC(Cc1ccc(OCC(=O)O)cc1)NCC(O)COc1ccc(O)c(O)c1. The van der Waals surface area contributed by atoms with Crippen LogP contribution < -0.4 is 14.8 Å². The molecule has 8 nitrogen and oxygen atoms in total. The van der Waals surface area contributed by atoms with Crippen LogP contribution in [0.3, 0.4) is 0 Å². The molecule has 0 aliphatic heterocycles. The summed E-state index contributed by atoms with van der Waals surface area (Å²) >= 11 is 0. The molecule has 0 amide bonds. The number of rotatable bonds is 11. The highest BCUT2D eigenvalue weighted by molar-refractivity contribution is 5.68. The minimum Gasteiger partial charge on any atom is -0.504 e. The quantitative estimate of drug-likeness (QED) is 0.365. The number of hydrogen-bond acceptors (Lipinski definition) is 7. The molecule has 2 aromatic rings. The minimum atomic E-state index is -1.02. The Morgan fingerprint density at radius 3 is 2.36 bits per heavy atom. The lowest BCUT2D eigenvalue weighted by atomic mass is 10.1. The van der Waals surface area contributed by atoms with Gasteiger partial charge in [-0.05, 0) is 43.2 Å². The van der Waals surface area contributed by atoms with Crippen LogP contribution >= 0.6 is 0 Å². The van der Waals surface area contributed by atoms with E-state index in [0.29, 0.717) is 18.0 Å². The number of carboxylic acid groups (broad SMARTS) is 1. The molecule has 28 heavy (non-hydrogen) atoms. The summed E-state index contributed by atoms with van der Waals surface area (Å²) in [5.41, 5.74) is 1.05. The van der Waals surface area contributed by atoms with Gasteiger partial charge in [-0.15, -0.1) is 0 Å². The van der Waals surface area contributed by atoms with Crippen molar-refractivity contribution >= 4 is 5.97 Å². The van der Waals surface area contributed by atoms with Crippen molar-refractivity contribution in [2.75, 3.05) is 19.8 Å². The van der Waals surface area contributed by atoms with E-state index >= 15 is 0 Å². The molecule has 2 rings (SSSR count). The van der Waals surface area contributed by atoms with Crippen molar-refractivity contribution in [2.45, 2.75) is 25.5 Å². The van der Waals surface area contributed by atoms with Crippen molar-refractivity contribution in [1.82, 2.24) is 5.32 Å². The first kappa shape index (κ1) is 21.3. The molecule has 0 heterocycles. The zero-order valence-electron chi connectivity index (χ0n) is 15.5. The van der Waals surface area contributed by atoms with Gasteiger partial charge in [0.25, 0.3) is 0 Å². The van der Waals surface area contributed by atoms with E-state index in [9.17, 15) is 20.1 Å². The lowest BCUT2D eigenvalue weighted by Crippen LogP contribution is -2.37. The van der Waals surface area contributed by atoms with Gasteiger partial charge in [-0.2, -0.15) is 0 Å². The Hall–Kier alpha value is -2.97. The van der Waals surface area contributed by atoms with Crippen LogP contribution in [0.25, 0.3) is 0 Å². The number of nitrogens with one attached hydrogen (secondary N) is 1. The molecule has 152 valence electrons. The number of aliphatic hydroxyl groups is 1. The third-order valence-corrected chi connectivity index (χ3v) is 3.92. The number of ether oxygens (including phenoxy) is 2. The molecule has 8 heteroatoms. The van der Waals surface area contributed by atoms with Gasteiger partial charge < -0.3 is 35.2 Å². The monoisotopic (exact) mass is 391 g/mol. The Morgan fingerprint density at radius 1 is 1.04 bits per heavy atom. The maximum atomic E-state index is 10.5. The molecule has 0 fully saturated rings. The van der Waals surface area contributed by atoms with Gasteiger partial charge in [0, 0.05) is 18.7 Å². The Labute approximate surface area is 163 Å². The molecule has 0 aliphatic rings. The highest BCUT2D eigenvalue weighted by atomic mass is 16.5. The van der Waals surface area contributed by atoms with E-state index in [1.165, 1.54) is 18.2 Å². The number of benzene rings is 2. The third kappa shape index (κ3) is 7.34. The van der Waals surface area contributed by atoms with Crippen LogP contribution in [-0.2, 0) is 11.2 Å². The molecule has 0 saturated carbocycles. The molecule has 0 radical (unpaired) electrons. The predicted molar refractivity (Wildman–Crippen MR) is 102 cm³/mol. The van der Waals surface area contributed by atoms with E-state index in [1.54, 1.807) is 12.1 Å². The summed E-state index contributed by atoms with van der Waals surface area (Å²) in [6, 6.07) is 11.4. The van der Waals surface area contributed by atoms with Gasteiger partial charge in [0.1, 0.15) is 24.2 Å². The second-order valence-electron chi connectivity index (χ2n) is 6.46. The average Bonchev–Trinajstić information content (AvgIpc) is 2.66. The first-order chi connectivity index (χ1) is 13.3. The maximum absolute atomic E-state index is 10.5. The van der Waals surface area contributed by atoms with Crippen LogP contribution in [0.1, 0.15) is 12.5 Å². The fraction of sp³-hybridized carbons (Fsp3) is 0.350. The van der Waals surface area contributed by atoms with E-state index in [4.69, 9.17) is 14.6 Å². The number of hydrogen-bond donors (Lipinski definition) is 5. The van der Waals surface area contributed by atoms with E-state index < -0.39 is 12.1 Å².